The Hall–Kier alpha value is -0.840. The van der Waals surface area contributed by atoms with Gasteiger partial charge >= 0.3 is 0 Å². The van der Waals surface area contributed by atoms with Gasteiger partial charge in [0, 0.05) is 43.3 Å². The number of piperazine rings is 1. The smallest absolute Gasteiger partial charge is 0.0701 e. The molecule has 2 aromatic rings. The molecule has 4 heteroatoms. The summed E-state index contributed by atoms with van der Waals surface area (Å²) in [5.41, 5.74) is 2.68. The predicted molar refractivity (Wildman–Crippen MR) is 90.7 cm³/mol. The van der Waals surface area contributed by atoms with Crippen LogP contribution in [0.4, 0.5) is 5.69 Å². The summed E-state index contributed by atoms with van der Waals surface area (Å²) in [7, 11) is 0. The first-order valence-corrected chi connectivity index (χ1v) is 8.60. The first kappa shape index (κ1) is 14.1. The zero-order valence-corrected chi connectivity index (χ0v) is 14.1. The molecule has 2 nitrogen and oxygen atoms in total. The molecule has 1 aromatic carbocycles. The largest absolute Gasteiger partial charge is 0.369 e. The summed E-state index contributed by atoms with van der Waals surface area (Å²) < 4.78 is 1.23. The number of halogens is 1. The second kappa shape index (κ2) is 6.29. The van der Waals surface area contributed by atoms with Crippen LogP contribution in [-0.4, -0.2) is 31.1 Å². The third kappa shape index (κ3) is 3.43. The SMILES string of the molecule is Cc1ccc(N2CCN(Cc3ccc(Br)s3)CC2)cc1. The number of rotatable bonds is 3. The van der Waals surface area contributed by atoms with Crippen LogP contribution in [0.3, 0.4) is 0 Å². The van der Waals surface area contributed by atoms with Crippen LogP contribution in [0.25, 0.3) is 0 Å². The lowest BCUT2D eigenvalue weighted by atomic mass is 10.2. The van der Waals surface area contributed by atoms with Crippen LogP contribution in [0.1, 0.15) is 10.4 Å². The van der Waals surface area contributed by atoms with Gasteiger partial charge < -0.3 is 4.90 Å². The van der Waals surface area contributed by atoms with E-state index < -0.39 is 0 Å². The van der Waals surface area contributed by atoms with Gasteiger partial charge in [-0.2, -0.15) is 0 Å². The minimum atomic E-state index is 1.08. The van der Waals surface area contributed by atoms with Gasteiger partial charge in [0.1, 0.15) is 0 Å². The van der Waals surface area contributed by atoms with Crippen molar-refractivity contribution < 1.29 is 0 Å². The van der Waals surface area contributed by atoms with Crippen molar-refractivity contribution in [2.24, 2.45) is 0 Å². The second-order valence-electron chi connectivity index (χ2n) is 5.30. The topological polar surface area (TPSA) is 6.48 Å². The predicted octanol–water partition coefficient (Wildman–Crippen LogP) is 4.14. The molecule has 1 aromatic heterocycles. The van der Waals surface area contributed by atoms with Gasteiger partial charge in [0.05, 0.1) is 3.79 Å². The zero-order chi connectivity index (χ0) is 13.9. The van der Waals surface area contributed by atoms with E-state index in [2.05, 4.69) is 69.1 Å². The Labute approximate surface area is 133 Å². The van der Waals surface area contributed by atoms with E-state index in [0.29, 0.717) is 0 Å². The van der Waals surface area contributed by atoms with Crippen molar-refractivity contribution in [3.05, 3.63) is 50.6 Å². The molecular weight excluding hydrogens is 332 g/mol. The van der Waals surface area contributed by atoms with Gasteiger partial charge in [-0.15, -0.1) is 11.3 Å². The van der Waals surface area contributed by atoms with Crippen LogP contribution in [0.5, 0.6) is 0 Å². The quantitative estimate of drug-likeness (QED) is 0.820. The van der Waals surface area contributed by atoms with E-state index in [0.717, 1.165) is 32.7 Å². The summed E-state index contributed by atoms with van der Waals surface area (Å²) in [5, 5.41) is 0. The van der Waals surface area contributed by atoms with Crippen molar-refractivity contribution >= 4 is 33.0 Å². The Balaban J connectivity index is 1.55. The number of hydrogen-bond acceptors (Lipinski definition) is 3. The number of anilines is 1. The standard InChI is InChI=1S/C16H19BrN2S/c1-13-2-4-14(5-3-13)19-10-8-18(9-11-19)12-15-6-7-16(17)20-15/h2-7H,8-12H2,1H3. The average molecular weight is 351 g/mol. The van der Waals surface area contributed by atoms with Gasteiger partial charge in [-0.25, -0.2) is 0 Å². The molecule has 0 radical (unpaired) electrons. The van der Waals surface area contributed by atoms with Crippen molar-refractivity contribution in [2.75, 3.05) is 31.1 Å². The van der Waals surface area contributed by atoms with Gasteiger partial charge in [-0.1, -0.05) is 17.7 Å². The Morgan fingerprint density at radius 3 is 2.30 bits per heavy atom. The molecular formula is C16H19BrN2S. The Bertz CT molecular complexity index is 556. The Kier molecular flexibility index (Phi) is 4.44. The highest BCUT2D eigenvalue weighted by Gasteiger charge is 2.17. The lowest BCUT2D eigenvalue weighted by Crippen LogP contribution is -2.45. The van der Waals surface area contributed by atoms with Crippen molar-refractivity contribution in [1.29, 1.82) is 0 Å². The van der Waals surface area contributed by atoms with E-state index >= 15 is 0 Å². The van der Waals surface area contributed by atoms with Gasteiger partial charge in [-0.05, 0) is 47.1 Å². The fourth-order valence-electron chi connectivity index (χ4n) is 2.58. The molecule has 0 spiro atoms. The minimum absolute atomic E-state index is 1.08. The van der Waals surface area contributed by atoms with Crippen LogP contribution in [0.2, 0.25) is 0 Å². The molecule has 0 atom stereocenters. The lowest BCUT2D eigenvalue weighted by Gasteiger charge is -2.36. The van der Waals surface area contributed by atoms with Gasteiger partial charge in [-0.3, -0.25) is 4.90 Å². The monoisotopic (exact) mass is 350 g/mol. The highest BCUT2D eigenvalue weighted by molar-refractivity contribution is 9.11. The first-order chi connectivity index (χ1) is 9.70. The van der Waals surface area contributed by atoms with E-state index in [-0.39, 0.29) is 0 Å². The molecule has 0 amide bonds. The summed E-state index contributed by atoms with van der Waals surface area (Å²) in [6.45, 7) is 7.75. The van der Waals surface area contributed by atoms with Crippen LogP contribution >= 0.6 is 27.3 Å². The van der Waals surface area contributed by atoms with Gasteiger partial charge in [0.15, 0.2) is 0 Å². The molecule has 0 saturated carbocycles. The van der Waals surface area contributed by atoms with E-state index in [4.69, 9.17) is 0 Å². The fourth-order valence-corrected chi connectivity index (χ4v) is 4.10. The molecule has 2 heterocycles. The molecule has 1 fully saturated rings. The Morgan fingerprint density at radius 2 is 1.70 bits per heavy atom. The molecule has 1 aliphatic heterocycles. The highest BCUT2D eigenvalue weighted by atomic mass is 79.9. The lowest BCUT2D eigenvalue weighted by molar-refractivity contribution is 0.252. The zero-order valence-electron chi connectivity index (χ0n) is 11.7. The number of thiophene rings is 1. The molecule has 0 N–H and O–H groups in total. The summed E-state index contributed by atoms with van der Waals surface area (Å²) in [5.74, 6) is 0. The van der Waals surface area contributed by atoms with Crippen LogP contribution < -0.4 is 4.90 Å². The molecule has 106 valence electrons. The molecule has 20 heavy (non-hydrogen) atoms. The number of hydrogen-bond donors (Lipinski definition) is 0. The third-order valence-electron chi connectivity index (χ3n) is 3.78. The highest BCUT2D eigenvalue weighted by Crippen LogP contribution is 2.24. The molecule has 0 unspecified atom stereocenters. The van der Waals surface area contributed by atoms with Crippen LogP contribution in [-0.2, 0) is 6.54 Å². The second-order valence-corrected chi connectivity index (χ2v) is 7.85. The van der Waals surface area contributed by atoms with E-state index in [1.165, 1.54) is 19.9 Å². The van der Waals surface area contributed by atoms with E-state index in [9.17, 15) is 0 Å². The number of aryl methyl sites for hydroxylation is 1. The van der Waals surface area contributed by atoms with Gasteiger partial charge in [0.25, 0.3) is 0 Å². The van der Waals surface area contributed by atoms with E-state index in [1.54, 1.807) is 0 Å². The molecule has 3 rings (SSSR count). The molecule has 1 aliphatic rings. The summed E-state index contributed by atoms with van der Waals surface area (Å²) in [4.78, 5) is 6.48. The number of nitrogens with zero attached hydrogens (tertiary/aromatic N) is 2. The summed E-state index contributed by atoms with van der Waals surface area (Å²) >= 11 is 5.38. The average Bonchev–Trinajstić information content (AvgIpc) is 2.86. The minimum Gasteiger partial charge on any atom is -0.369 e. The summed E-state index contributed by atoms with van der Waals surface area (Å²) in [6, 6.07) is 13.2. The normalized spacial score (nSPS) is 16.6. The van der Waals surface area contributed by atoms with Crippen molar-refractivity contribution in [2.45, 2.75) is 13.5 Å². The maximum absolute atomic E-state index is 3.53. The van der Waals surface area contributed by atoms with Crippen LogP contribution in [0, 0.1) is 6.92 Å². The molecule has 0 aliphatic carbocycles. The third-order valence-corrected chi connectivity index (χ3v) is 5.39. The van der Waals surface area contributed by atoms with Crippen LogP contribution in [0.15, 0.2) is 40.2 Å². The number of benzene rings is 1. The fraction of sp³-hybridized carbons (Fsp3) is 0.375. The van der Waals surface area contributed by atoms with Crippen molar-refractivity contribution in [1.82, 2.24) is 4.90 Å². The first-order valence-electron chi connectivity index (χ1n) is 6.99. The maximum Gasteiger partial charge on any atom is 0.0701 e. The van der Waals surface area contributed by atoms with Crippen molar-refractivity contribution in [3.63, 3.8) is 0 Å². The summed E-state index contributed by atoms with van der Waals surface area (Å²) in [6.07, 6.45) is 0. The van der Waals surface area contributed by atoms with Gasteiger partial charge in [0.2, 0.25) is 0 Å². The Morgan fingerprint density at radius 1 is 1.00 bits per heavy atom. The molecule has 0 bridgehead atoms. The maximum atomic E-state index is 3.53. The van der Waals surface area contributed by atoms with E-state index in [1.807, 2.05) is 11.3 Å². The molecule has 1 saturated heterocycles. The van der Waals surface area contributed by atoms with Crippen molar-refractivity contribution in [3.8, 4) is 0 Å².